The van der Waals surface area contributed by atoms with Gasteiger partial charge in [-0.15, -0.1) is 0 Å². The Morgan fingerprint density at radius 1 is 1.36 bits per heavy atom. The van der Waals surface area contributed by atoms with Crippen molar-refractivity contribution in [3.8, 4) is 0 Å². The first-order chi connectivity index (χ1) is 6.06. The highest BCUT2D eigenvalue weighted by Crippen LogP contribution is 2.45. The van der Waals surface area contributed by atoms with Gasteiger partial charge in [-0.25, -0.2) is 0 Å². The zero-order valence-electron chi connectivity index (χ0n) is 8.14. The molecule has 14 heavy (non-hydrogen) atoms. The van der Waals surface area contributed by atoms with Crippen LogP contribution in [-0.2, 0) is 4.84 Å². The van der Waals surface area contributed by atoms with E-state index in [2.05, 4.69) is 5.16 Å². The lowest BCUT2D eigenvalue weighted by atomic mass is 9.87. The summed E-state index contributed by atoms with van der Waals surface area (Å²) in [6.45, 7) is 5.83. The molecule has 1 aliphatic heterocycles. The Kier molecular flexibility index (Phi) is 3.01. The second-order valence-corrected chi connectivity index (χ2v) is 6.62. The van der Waals surface area contributed by atoms with E-state index in [9.17, 15) is 5.11 Å². The largest absolute Gasteiger partial charge is 0.355 e. The van der Waals surface area contributed by atoms with Gasteiger partial charge in [0.1, 0.15) is 0 Å². The molecule has 0 bridgehead atoms. The summed E-state index contributed by atoms with van der Waals surface area (Å²) in [6, 6.07) is 0. The van der Waals surface area contributed by atoms with Crippen LogP contribution in [0.5, 0.6) is 0 Å². The molecule has 0 aromatic heterocycles. The standard InChI is InChI=1S/C8H12Cl3NO2/c1-6(2,3)5-4-7(13,14-12-5)8(9,10)11/h13H,4H2,1-3H3/t7-/m0/s1. The van der Waals surface area contributed by atoms with Gasteiger partial charge in [-0.3, -0.25) is 0 Å². The molecule has 1 rings (SSSR count). The molecule has 0 saturated heterocycles. The van der Waals surface area contributed by atoms with Crippen molar-refractivity contribution in [1.82, 2.24) is 0 Å². The molecule has 1 aliphatic rings. The van der Waals surface area contributed by atoms with Crippen LogP contribution in [0.15, 0.2) is 5.16 Å². The Bertz CT molecular complexity index is 267. The van der Waals surface area contributed by atoms with Gasteiger partial charge in [0.15, 0.2) is 0 Å². The minimum atomic E-state index is -1.90. The first-order valence-corrected chi connectivity index (χ1v) is 5.24. The van der Waals surface area contributed by atoms with Gasteiger partial charge in [0.25, 0.3) is 9.58 Å². The highest BCUT2D eigenvalue weighted by molar-refractivity contribution is 6.68. The minimum absolute atomic E-state index is 0.104. The Labute approximate surface area is 98.0 Å². The van der Waals surface area contributed by atoms with Crippen LogP contribution in [0.1, 0.15) is 27.2 Å². The van der Waals surface area contributed by atoms with Gasteiger partial charge < -0.3 is 9.94 Å². The molecule has 3 nitrogen and oxygen atoms in total. The van der Waals surface area contributed by atoms with Gasteiger partial charge in [-0.2, -0.15) is 0 Å². The Morgan fingerprint density at radius 3 is 2.07 bits per heavy atom. The predicted octanol–water partition coefficient (Wildman–Crippen LogP) is 2.87. The third-order valence-corrected chi connectivity index (χ3v) is 2.91. The average molecular weight is 261 g/mol. The molecule has 0 aromatic rings. The second-order valence-electron chi connectivity index (χ2n) is 4.34. The molecule has 0 radical (unpaired) electrons. The summed E-state index contributed by atoms with van der Waals surface area (Å²) in [5.74, 6) is -1.85. The fraction of sp³-hybridized carbons (Fsp3) is 0.875. The van der Waals surface area contributed by atoms with Crippen LogP contribution in [0.4, 0.5) is 0 Å². The monoisotopic (exact) mass is 259 g/mol. The average Bonchev–Trinajstić information content (AvgIpc) is 2.29. The van der Waals surface area contributed by atoms with Crippen molar-refractivity contribution in [2.75, 3.05) is 0 Å². The highest BCUT2D eigenvalue weighted by Gasteiger charge is 2.55. The van der Waals surface area contributed by atoms with Crippen molar-refractivity contribution in [2.24, 2.45) is 10.6 Å². The van der Waals surface area contributed by atoms with Crippen LogP contribution in [0.25, 0.3) is 0 Å². The van der Waals surface area contributed by atoms with Crippen molar-refractivity contribution in [3.05, 3.63) is 0 Å². The summed E-state index contributed by atoms with van der Waals surface area (Å²) >= 11 is 16.7. The van der Waals surface area contributed by atoms with E-state index in [4.69, 9.17) is 39.6 Å². The van der Waals surface area contributed by atoms with Gasteiger partial charge in [0.05, 0.1) is 12.1 Å². The number of halogens is 3. The van der Waals surface area contributed by atoms with Gasteiger partial charge in [0.2, 0.25) is 0 Å². The Hall–Kier alpha value is 0.300. The first kappa shape index (κ1) is 12.4. The number of aliphatic hydroxyl groups is 1. The van der Waals surface area contributed by atoms with Crippen molar-refractivity contribution in [1.29, 1.82) is 0 Å². The highest BCUT2D eigenvalue weighted by atomic mass is 35.6. The number of rotatable bonds is 0. The summed E-state index contributed by atoms with van der Waals surface area (Å²) in [6.07, 6.45) is 0.104. The van der Waals surface area contributed by atoms with Crippen LogP contribution in [-0.4, -0.2) is 20.4 Å². The van der Waals surface area contributed by atoms with Crippen LogP contribution in [0.2, 0.25) is 0 Å². The maximum absolute atomic E-state index is 9.83. The van der Waals surface area contributed by atoms with Crippen LogP contribution >= 0.6 is 34.8 Å². The molecule has 0 aliphatic carbocycles. The number of oxime groups is 1. The third kappa shape index (κ3) is 2.27. The second kappa shape index (κ2) is 3.41. The van der Waals surface area contributed by atoms with E-state index in [1.165, 1.54) is 0 Å². The summed E-state index contributed by atoms with van der Waals surface area (Å²) in [4.78, 5) is 4.79. The van der Waals surface area contributed by atoms with Gasteiger partial charge in [-0.05, 0) is 0 Å². The first-order valence-electron chi connectivity index (χ1n) is 4.11. The molecule has 0 spiro atoms. The molecule has 82 valence electrons. The van der Waals surface area contributed by atoms with Gasteiger partial charge in [0, 0.05) is 5.41 Å². The summed E-state index contributed by atoms with van der Waals surface area (Å²) in [5, 5.41) is 13.6. The van der Waals surface area contributed by atoms with E-state index in [0.717, 1.165) is 0 Å². The number of nitrogens with zero attached hydrogens (tertiary/aromatic N) is 1. The van der Waals surface area contributed by atoms with E-state index in [0.29, 0.717) is 5.71 Å². The molecule has 1 heterocycles. The van der Waals surface area contributed by atoms with Gasteiger partial charge >= 0.3 is 0 Å². The molecular formula is C8H12Cl3NO2. The number of hydrogen-bond acceptors (Lipinski definition) is 3. The maximum atomic E-state index is 9.83. The number of hydrogen-bond donors (Lipinski definition) is 1. The molecule has 1 N–H and O–H groups in total. The predicted molar refractivity (Wildman–Crippen MR) is 57.8 cm³/mol. The zero-order chi connectivity index (χ0) is 11.2. The van der Waals surface area contributed by atoms with Gasteiger partial charge in [-0.1, -0.05) is 60.7 Å². The SMILES string of the molecule is CC(C)(C)C1=NO[C@](O)(C(Cl)(Cl)Cl)C1. The fourth-order valence-corrected chi connectivity index (χ4v) is 1.28. The summed E-state index contributed by atoms with van der Waals surface area (Å²) in [5.41, 5.74) is 0.465. The lowest BCUT2D eigenvalue weighted by molar-refractivity contribution is -0.181. The molecule has 6 heteroatoms. The van der Waals surface area contributed by atoms with Crippen molar-refractivity contribution in [3.63, 3.8) is 0 Å². The van der Waals surface area contributed by atoms with Crippen molar-refractivity contribution < 1.29 is 9.94 Å². The van der Waals surface area contributed by atoms with Crippen molar-refractivity contribution in [2.45, 2.75) is 36.8 Å². The smallest absolute Gasteiger partial charge is 0.287 e. The minimum Gasteiger partial charge on any atom is -0.355 e. The molecule has 0 saturated carbocycles. The van der Waals surface area contributed by atoms with Crippen LogP contribution in [0.3, 0.4) is 0 Å². The quantitative estimate of drug-likeness (QED) is 0.681. The molecule has 0 unspecified atom stereocenters. The summed E-state index contributed by atoms with van der Waals surface area (Å²) in [7, 11) is 0. The molecule has 0 fully saturated rings. The van der Waals surface area contributed by atoms with Crippen molar-refractivity contribution >= 4 is 40.5 Å². The topological polar surface area (TPSA) is 41.8 Å². The fourth-order valence-electron chi connectivity index (χ4n) is 0.976. The molecule has 0 aromatic carbocycles. The van der Waals surface area contributed by atoms with E-state index >= 15 is 0 Å². The number of alkyl halides is 3. The van der Waals surface area contributed by atoms with Crippen LogP contribution < -0.4 is 0 Å². The van der Waals surface area contributed by atoms with E-state index < -0.39 is 9.58 Å². The van der Waals surface area contributed by atoms with E-state index in [-0.39, 0.29) is 11.8 Å². The molecule has 0 amide bonds. The maximum Gasteiger partial charge on any atom is 0.287 e. The lowest BCUT2D eigenvalue weighted by Crippen LogP contribution is -2.43. The third-order valence-electron chi connectivity index (χ3n) is 2.02. The van der Waals surface area contributed by atoms with E-state index in [1.54, 1.807) is 0 Å². The Morgan fingerprint density at radius 2 is 1.86 bits per heavy atom. The summed E-state index contributed by atoms with van der Waals surface area (Å²) < 4.78 is -1.90. The Balaban J connectivity index is 2.81. The molecule has 1 atom stereocenters. The zero-order valence-corrected chi connectivity index (χ0v) is 10.4. The molecular weight excluding hydrogens is 248 g/mol. The van der Waals surface area contributed by atoms with Crippen LogP contribution in [0, 0.1) is 5.41 Å². The van der Waals surface area contributed by atoms with E-state index in [1.807, 2.05) is 20.8 Å². The lowest BCUT2D eigenvalue weighted by Gasteiger charge is -2.28. The normalized spacial score (nSPS) is 28.6.